The van der Waals surface area contributed by atoms with Crippen molar-refractivity contribution in [2.45, 2.75) is 30.7 Å². The Labute approximate surface area is 126 Å². The molecule has 7 heteroatoms. The number of benzene rings is 1. The fourth-order valence-corrected chi connectivity index (χ4v) is 3.16. The van der Waals surface area contributed by atoms with Crippen LogP contribution in [0.25, 0.3) is 0 Å². The summed E-state index contributed by atoms with van der Waals surface area (Å²) in [7, 11) is -2.00. The van der Waals surface area contributed by atoms with Crippen molar-refractivity contribution < 1.29 is 17.9 Å². The van der Waals surface area contributed by atoms with Gasteiger partial charge in [0, 0.05) is 19.7 Å². The van der Waals surface area contributed by atoms with Crippen LogP contribution in [-0.4, -0.2) is 41.3 Å². The third-order valence-electron chi connectivity index (χ3n) is 2.85. The van der Waals surface area contributed by atoms with E-state index in [1.54, 1.807) is 19.2 Å². The van der Waals surface area contributed by atoms with Crippen molar-refractivity contribution in [2.24, 2.45) is 5.73 Å². The van der Waals surface area contributed by atoms with Gasteiger partial charge >= 0.3 is 0 Å². The number of sulfonamides is 1. The van der Waals surface area contributed by atoms with E-state index in [0.717, 1.165) is 12.8 Å². The van der Waals surface area contributed by atoms with Crippen molar-refractivity contribution in [3.63, 3.8) is 0 Å². The summed E-state index contributed by atoms with van der Waals surface area (Å²) in [6.07, 6.45) is 1.60. The van der Waals surface area contributed by atoms with Gasteiger partial charge in [-0.05, 0) is 30.7 Å². The molecule has 1 unspecified atom stereocenters. The van der Waals surface area contributed by atoms with Gasteiger partial charge in [0.2, 0.25) is 10.0 Å². The molecule has 0 radical (unpaired) electrons. The third-order valence-corrected chi connectivity index (χ3v) is 4.38. The molecule has 0 amide bonds. The van der Waals surface area contributed by atoms with Crippen LogP contribution in [0, 0.1) is 0 Å². The van der Waals surface area contributed by atoms with Crippen molar-refractivity contribution in [3.8, 4) is 5.75 Å². The molecular formula is C14H24N2O4S. The van der Waals surface area contributed by atoms with E-state index < -0.39 is 10.0 Å². The predicted molar refractivity (Wildman–Crippen MR) is 81.9 cm³/mol. The summed E-state index contributed by atoms with van der Waals surface area (Å²) < 4.78 is 37.6. The van der Waals surface area contributed by atoms with Gasteiger partial charge in [-0.15, -0.1) is 0 Å². The topological polar surface area (TPSA) is 90.6 Å². The van der Waals surface area contributed by atoms with Crippen LogP contribution in [0.1, 0.15) is 19.8 Å². The Morgan fingerprint density at radius 3 is 2.48 bits per heavy atom. The van der Waals surface area contributed by atoms with Crippen LogP contribution < -0.4 is 15.2 Å². The van der Waals surface area contributed by atoms with Gasteiger partial charge in [-0.25, -0.2) is 13.1 Å². The first-order valence-corrected chi connectivity index (χ1v) is 8.46. The number of ether oxygens (including phenoxy) is 2. The molecule has 1 aromatic rings. The monoisotopic (exact) mass is 316 g/mol. The molecule has 3 N–H and O–H groups in total. The lowest BCUT2D eigenvalue weighted by Gasteiger charge is -2.17. The molecule has 0 aliphatic carbocycles. The lowest BCUT2D eigenvalue weighted by atomic mass is 10.2. The van der Waals surface area contributed by atoms with Crippen molar-refractivity contribution in [1.82, 2.24) is 4.72 Å². The van der Waals surface area contributed by atoms with E-state index in [-0.39, 0.29) is 10.9 Å². The molecule has 21 heavy (non-hydrogen) atoms. The summed E-state index contributed by atoms with van der Waals surface area (Å²) in [5, 5.41) is 0. The summed E-state index contributed by atoms with van der Waals surface area (Å²) in [6, 6.07) is 6.05. The van der Waals surface area contributed by atoms with E-state index in [2.05, 4.69) is 4.72 Å². The first-order chi connectivity index (χ1) is 10.0. The molecule has 6 nitrogen and oxygen atoms in total. The van der Waals surface area contributed by atoms with E-state index >= 15 is 0 Å². The second-order valence-electron chi connectivity index (χ2n) is 4.67. The predicted octanol–water partition coefficient (Wildman–Crippen LogP) is 1.12. The van der Waals surface area contributed by atoms with Gasteiger partial charge in [-0.3, -0.25) is 0 Å². The Balaban J connectivity index is 2.76. The lowest BCUT2D eigenvalue weighted by Crippen LogP contribution is -2.37. The number of nitrogens with one attached hydrogen (secondary N) is 1. The zero-order valence-electron chi connectivity index (χ0n) is 12.5. The quantitative estimate of drug-likeness (QED) is 0.675. The molecule has 0 heterocycles. The first kappa shape index (κ1) is 17.9. The van der Waals surface area contributed by atoms with Gasteiger partial charge in [0.15, 0.2) is 0 Å². The molecule has 1 rings (SSSR count). The zero-order chi connectivity index (χ0) is 15.7. The minimum Gasteiger partial charge on any atom is -0.492 e. The first-order valence-electron chi connectivity index (χ1n) is 6.97. The SMILES string of the molecule is CCCC(COC)NS(=O)(=O)c1ccc(OCCN)cc1. The average molecular weight is 316 g/mol. The standard InChI is InChI=1S/C14H24N2O4S/c1-3-4-12(11-19-2)16-21(17,18)14-7-5-13(6-8-14)20-10-9-15/h5-8,12,16H,3-4,9-11,15H2,1-2H3. The highest BCUT2D eigenvalue weighted by Gasteiger charge is 2.19. The van der Waals surface area contributed by atoms with Crippen LogP contribution in [0.3, 0.4) is 0 Å². The van der Waals surface area contributed by atoms with E-state index in [1.807, 2.05) is 6.92 Å². The van der Waals surface area contributed by atoms with Gasteiger partial charge in [0.05, 0.1) is 11.5 Å². The molecule has 0 aliphatic rings. The van der Waals surface area contributed by atoms with Gasteiger partial charge < -0.3 is 15.2 Å². The number of nitrogens with two attached hydrogens (primary N) is 1. The number of rotatable bonds is 10. The summed E-state index contributed by atoms with van der Waals surface area (Å²) in [6.45, 7) is 3.17. The maximum Gasteiger partial charge on any atom is 0.240 e. The Morgan fingerprint density at radius 2 is 1.95 bits per heavy atom. The fourth-order valence-electron chi connectivity index (χ4n) is 1.91. The van der Waals surface area contributed by atoms with Crippen LogP contribution in [0.5, 0.6) is 5.75 Å². The second-order valence-corrected chi connectivity index (χ2v) is 6.38. The second kappa shape index (κ2) is 8.99. The maximum absolute atomic E-state index is 12.3. The van der Waals surface area contributed by atoms with Gasteiger partial charge in [-0.2, -0.15) is 0 Å². The van der Waals surface area contributed by atoms with Gasteiger partial charge in [0.1, 0.15) is 12.4 Å². The number of hydrogen-bond donors (Lipinski definition) is 2. The Hall–Kier alpha value is -1.15. The smallest absolute Gasteiger partial charge is 0.240 e. The highest BCUT2D eigenvalue weighted by Crippen LogP contribution is 2.16. The molecule has 0 aromatic heterocycles. The molecule has 1 atom stereocenters. The molecule has 0 fully saturated rings. The highest BCUT2D eigenvalue weighted by molar-refractivity contribution is 7.89. The molecule has 0 saturated heterocycles. The minimum absolute atomic E-state index is 0.208. The van der Waals surface area contributed by atoms with Crippen LogP contribution in [0.15, 0.2) is 29.2 Å². The minimum atomic E-state index is -3.55. The van der Waals surface area contributed by atoms with Crippen molar-refractivity contribution in [1.29, 1.82) is 0 Å². The molecule has 0 aliphatic heterocycles. The molecule has 0 saturated carbocycles. The lowest BCUT2D eigenvalue weighted by molar-refractivity contribution is 0.171. The van der Waals surface area contributed by atoms with Crippen molar-refractivity contribution >= 4 is 10.0 Å². The molecule has 1 aromatic carbocycles. The van der Waals surface area contributed by atoms with E-state index in [1.165, 1.54) is 12.1 Å². The summed E-state index contributed by atoms with van der Waals surface area (Å²) in [4.78, 5) is 0.208. The van der Waals surface area contributed by atoms with Crippen LogP contribution in [0.4, 0.5) is 0 Å². The largest absolute Gasteiger partial charge is 0.492 e. The molecule has 0 bridgehead atoms. The van der Waals surface area contributed by atoms with Crippen LogP contribution >= 0.6 is 0 Å². The normalized spacial score (nSPS) is 13.1. The number of methoxy groups -OCH3 is 1. The van der Waals surface area contributed by atoms with Gasteiger partial charge in [0.25, 0.3) is 0 Å². The summed E-state index contributed by atoms with van der Waals surface area (Å²) in [5.74, 6) is 0.599. The van der Waals surface area contributed by atoms with Crippen molar-refractivity contribution in [3.05, 3.63) is 24.3 Å². The number of hydrogen-bond acceptors (Lipinski definition) is 5. The van der Waals surface area contributed by atoms with E-state index in [0.29, 0.717) is 25.5 Å². The maximum atomic E-state index is 12.3. The van der Waals surface area contributed by atoms with Gasteiger partial charge in [-0.1, -0.05) is 13.3 Å². The van der Waals surface area contributed by atoms with E-state index in [4.69, 9.17) is 15.2 Å². The molecule has 120 valence electrons. The van der Waals surface area contributed by atoms with Crippen molar-refractivity contribution in [2.75, 3.05) is 26.9 Å². The van der Waals surface area contributed by atoms with Crippen LogP contribution in [0.2, 0.25) is 0 Å². The molecule has 0 spiro atoms. The Bertz CT molecular complexity index is 496. The highest BCUT2D eigenvalue weighted by atomic mass is 32.2. The summed E-state index contributed by atoms with van der Waals surface area (Å²) >= 11 is 0. The zero-order valence-corrected chi connectivity index (χ0v) is 13.4. The Kier molecular flexibility index (Phi) is 7.66. The summed E-state index contributed by atoms with van der Waals surface area (Å²) in [5.41, 5.74) is 5.34. The fraction of sp³-hybridized carbons (Fsp3) is 0.571. The molecular weight excluding hydrogens is 292 g/mol. The third kappa shape index (κ3) is 6.01. The van der Waals surface area contributed by atoms with E-state index in [9.17, 15) is 8.42 Å². The Morgan fingerprint density at radius 1 is 1.29 bits per heavy atom. The van der Waals surface area contributed by atoms with Crippen LogP contribution in [-0.2, 0) is 14.8 Å². The average Bonchev–Trinajstić information content (AvgIpc) is 2.46.